The third kappa shape index (κ3) is 5.75. The van der Waals surface area contributed by atoms with Gasteiger partial charge in [-0.05, 0) is 52.7 Å². The lowest BCUT2D eigenvalue weighted by atomic mass is 10.2. The summed E-state index contributed by atoms with van der Waals surface area (Å²) in [7, 11) is -3.86. The maximum atomic E-state index is 12.3. The van der Waals surface area contributed by atoms with Crippen LogP contribution in [0.15, 0.2) is 56.9 Å². The van der Waals surface area contributed by atoms with Crippen LogP contribution in [0, 0.1) is 6.92 Å². The Morgan fingerprint density at radius 3 is 2.40 bits per heavy atom. The third-order valence-corrected chi connectivity index (χ3v) is 4.79. The van der Waals surface area contributed by atoms with Crippen molar-refractivity contribution in [2.45, 2.75) is 18.2 Å². The Morgan fingerprint density at radius 2 is 1.80 bits per heavy atom. The predicted octanol–water partition coefficient (Wildman–Crippen LogP) is 3.97. The van der Waals surface area contributed by atoms with Crippen LogP contribution in [0.2, 0.25) is 0 Å². The van der Waals surface area contributed by atoms with Gasteiger partial charge < -0.3 is 4.74 Å². The summed E-state index contributed by atoms with van der Waals surface area (Å²) in [4.78, 5) is 2.01. The van der Waals surface area contributed by atoms with E-state index in [0.29, 0.717) is 0 Å². The van der Waals surface area contributed by atoms with E-state index in [9.17, 15) is 21.6 Å². The largest absolute Gasteiger partial charge is 0.573 e. The van der Waals surface area contributed by atoms with Crippen molar-refractivity contribution in [3.05, 3.63) is 58.1 Å². The first-order valence-corrected chi connectivity index (χ1v) is 9.01. The van der Waals surface area contributed by atoms with E-state index in [2.05, 4.69) is 25.8 Å². The summed E-state index contributed by atoms with van der Waals surface area (Å²) in [5, 5.41) is 3.56. The highest BCUT2D eigenvalue weighted by Crippen LogP contribution is 2.30. The number of aryl methyl sites for hydroxylation is 1. The number of nitrogens with one attached hydrogen (secondary N) is 1. The molecule has 2 aromatic carbocycles. The Balaban J connectivity index is 2.14. The summed E-state index contributed by atoms with van der Waals surface area (Å²) in [6, 6.07) is 9.95. The monoisotopic (exact) mass is 436 g/mol. The van der Waals surface area contributed by atoms with Crippen molar-refractivity contribution < 1.29 is 26.3 Å². The molecule has 0 atom stereocenters. The fraction of sp³-hybridized carbons (Fsp3) is 0.133. The predicted molar refractivity (Wildman–Crippen MR) is 89.9 cm³/mol. The zero-order valence-corrected chi connectivity index (χ0v) is 15.1. The Hall–Kier alpha value is -2.07. The summed E-state index contributed by atoms with van der Waals surface area (Å²) in [5.74, 6) is -0.460. The molecule has 0 saturated heterocycles. The molecule has 0 heterocycles. The van der Waals surface area contributed by atoms with Gasteiger partial charge in [-0.2, -0.15) is 13.5 Å². The minimum absolute atomic E-state index is 0.0205. The highest BCUT2D eigenvalue weighted by atomic mass is 79.9. The molecule has 0 spiro atoms. The molecule has 1 N–H and O–H groups in total. The van der Waals surface area contributed by atoms with Crippen LogP contribution in [-0.4, -0.2) is 21.0 Å². The number of sulfonamides is 1. The number of alkyl halides is 3. The first-order chi connectivity index (χ1) is 11.6. The lowest BCUT2D eigenvalue weighted by Crippen LogP contribution is -2.18. The average Bonchev–Trinajstić information content (AvgIpc) is 2.49. The van der Waals surface area contributed by atoms with Crippen molar-refractivity contribution in [1.29, 1.82) is 0 Å². The molecule has 0 saturated carbocycles. The first kappa shape index (κ1) is 19.3. The Bertz CT molecular complexity index is 882. The second-order valence-electron chi connectivity index (χ2n) is 4.90. The van der Waals surface area contributed by atoms with Crippen molar-refractivity contribution in [1.82, 2.24) is 4.83 Å². The first-order valence-electron chi connectivity index (χ1n) is 6.74. The number of nitrogens with zero attached hydrogens (tertiary/aromatic N) is 1. The van der Waals surface area contributed by atoms with Crippen LogP contribution in [0.3, 0.4) is 0 Å². The zero-order valence-electron chi connectivity index (χ0n) is 12.7. The highest BCUT2D eigenvalue weighted by Gasteiger charge is 2.32. The highest BCUT2D eigenvalue weighted by molar-refractivity contribution is 9.10. The molecular formula is C15H12BrF3N2O3S. The SMILES string of the molecule is Cc1ccc(S(=O)(=O)N/N=C/c2ccc(Br)c(OC(F)(F)F)c2)cc1. The fourth-order valence-electron chi connectivity index (χ4n) is 1.74. The molecule has 0 aliphatic rings. The van der Waals surface area contributed by atoms with Gasteiger partial charge in [-0.15, -0.1) is 13.2 Å². The van der Waals surface area contributed by atoms with Gasteiger partial charge in [-0.25, -0.2) is 4.83 Å². The number of benzene rings is 2. The molecule has 0 aliphatic heterocycles. The Kier molecular flexibility index (Phi) is 5.73. The molecule has 10 heteroatoms. The molecule has 0 fully saturated rings. The second kappa shape index (κ2) is 7.44. The lowest BCUT2D eigenvalue weighted by molar-refractivity contribution is -0.274. The number of hydrazone groups is 1. The summed E-state index contributed by atoms with van der Waals surface area (Å²) in [5.41, 5.74) is 1.11. The molecule has 2 aromatic rings. The van der Waals surface area contributed by atoms with Crippen molar-refractivity contribution in [3.63, 3.8) is 0 Å². The van der Waals surface area contributed by atoms with E-state index in [1.54, 1.807) is 12.1 Å². The van der Waals surface area contributed by atoms with Crippen LogP contribution in [0.4, 0.5) is 13.2 Å². The van der Waals surface area contributed by atoms with Gasteiger partial charge in [0.1, 0.15) is 5.75 Å². The van der Waals surface area contributed by atoms with E-state index in [1.807, 2.05) is 11.8 Å². The molecule has 0 aromatic heterocycles. The standard InChI is InChI=1S/C15H12BrF3N2O3S/c1-10-2-5-12(6-3-10)25(22,23)21-20-9-11-4-7-13(16)14(8-11)24-15(17,18)19/h2-9,21H,1H3/b20-9+. The molecule has 2 rings (SSSR count). The number of hydrogen-bond acceptors (Lipinski definition) is 4. The lowest BCUT2D eigenvalue weighted by Gasteiger charge is -2.10. The quantitative estimate of drug-likeness (QED) is 0.569. The summed E-state index contributed by atoms with van der Waals surface area (Å²) >= 11 is 2.94. The van der Waals surface area contributed by atoms with Gasteiger partial charge in [0, 0.05) is 0 Å². The third-order valence-electron chi connectivity index (χ3n) is 2.90. The normalized spacial score (nSPS) is 12.4. The van der Waals surface area contributed by atoms with Gasteiger partial charge in [-0.1, -0.05) is 23.8 Å². The Morgan fingerprint density at radius 1 is 1.16 bits per heavy atom. The topological polar surface area (TPSA) is 67.8 Å². The maximum Gasteiger partial charge on any atom is 0.573 e. The Labute approximate surface area is 150 Å². The van der Waals surface area contributed by atoms with Crippen molar-refractivity contribution >= 4 is 32.2 Å². The van der Waals surface area contributed by atoms with E-state index in [0.717, 1.165) is 17.8 Å². The number of hydrogen-bond donors (Lipinski definition) is 1. The van der Waals surface area contributed by atoms with Crippen LogP contribution in [0.25, 0.3) is 0 Å². The van der Waals surface area contributed by atoms with Crippen LogP contribution in [0.1, 0.15) is 11.1 Å². The molecule has 134 valence electrons. The van der Waals surface area contributed by atoms with E-state index in [4.69, 9.17) is 0 Å². The van der Waals surface area contributed by atoms with Crippen LogP contribution in [-0.2, 0) is 10.0 Å². The molecule has 5 nitrogen and oxygen atoms in total. The summed E-state index contributed by atoms with van der Waals surface area (Å²) in [6.07, 6.45) is -3.77. The van der Waals surface area contributed by atoms with E-state index in [-0.39, 0.29) is 14.9 Å². The van der Waals surface area contributed by atoms with E-state index >= 15 is 0 Å². The summed E-state index contributed by atoms with van der Waals surface area (Å²) < 4.78 is 65.0. The molecule has 0 aliphatic carbocycles. The van der Waals surface area contributed by atoms with Gasteiger partial charge in [0.15, 0.2) is 0 Å². The molecule has 25 heavy (non-hydrogen) atoms. The van der Waals surface area contributed by atoms with E-state index < -0.39 is 22.1 Å². The smallest absolute Gasteiger partial charge is 0.405 e. The maximum absolute atomic E-state index is 12.3. The van der Waals surface area contributed by atoms with Gasteiger partial charge in [-0.3, -0.25) is 0 Å². The van der Waals surface area contributed by atoms with Gasteiger partial charge >= 0.3 is 6.36 Å². The second-order valence-corrected chi connectivity index (χ2v) is 7.42. The van der Waals surface area contributed by atoms with Gasteiger partial charge in [0.05, 0.1) is 15.6 Å². The van der Waals surface area contributed by atoms with E-state index in [1.165, 1.54) is 24.3 Å². The number of ether oxygens (including phenoxy) is 1. The minimum atomic E-state index is -4.84. The van der Waals surface area contributed by atoms with Gasteiger partial charge in [0.2, 0.25) is 0 Å². The number of rotatable bonds is 5. The molecule has 0 unspecified atom stereocenters. The molecule has 0 radical (unpaired) electrons. The van der Waals surface area contributed by atoms with Crippen LogP contribution >= 0.6 is 15.9 Å². The van der Waals surface area contributed by atoms with Crippen molar-refractivity contribution in [2.75, 3.05) is 0 Å². The number of halogens is 4. The molecular weight excluding hydrogens is 425 g/mol. The van der Waals surface area contributed by atoms with Crippen molar-refractivity contribution in [2.24, 2.45) is 5.10 Å². The summed E-state index contributed by atoms with van der Waals surface area (Å²) in [6.45, 7) is 1.82. The van der Waals surface area contributed by atoms with Crippen molar-refractivity contribution in [3.8, 4) is 5.75 Å². The average molecular weight is 437 g/mol. The molecule has 0 bridgehead atoms. The van der Waals surface area contributed by atoms with Gasteiger partial charge in [0.25, 0.3) is 10.0 Å². The van der Waals surface area contributed by atoms with Crippen LogP contribution in [0.5, 0.6) is 5.75 Å². The fourth-order valence-corrected chi connectivity index (χ4v) is 2.86. The van der Waals surface area contributed by atoms with Crippen LogP contribution < -0.4 is 9.57 Å². The minimum Gasteiger partial charge on any atom is -0.405 e. The molecule has 0 amide bonds. The zero-order chi connectivity index (χ0) is 18.7.